The van der Waals surface area contributed by atoms with E-state index in [9.17, 15) is 9.18 Å². The summed E-state index contributed by atoms with van der Waals surface area (Å²) in [6.07, 6.45) is 7.18. The van der Waals surface area contributed by atoms with Crippen molar-refractivity contribution in [3.8, 4) is 5.69 Å². The first-order valence-corrected chi connectivity index (χ1v) is 7.63. The fourth-order valence-electron chi connectivity index (χ4n) is 2.77. The summed E-state index contributed by atoms with van der Waals surface area (Å²) in [5.41, 5.74) is 1.50. The molecule has 1 amide bonds. The van der Waals surface area contributed by atoms with Crippen LogP contribution in [0.4, 0.5) is 4.39 Å². The molecule has 2 aromatic rings. The molecule has 1 aliphatic rings. The summed E-state index contributed by atoms with van der Waals surface area (Å²) in [7, 11) is 0. The number of amides is 1. The molecule has 1 aromatic carbocycles. The van der Waals surface area contributed by atoms with Gasteiger partial charge in [-0.1, -0.05) is 24.5 Å². The number of hydrogen-bond acceptors (Lipinski definition) is 3. The van der Waals surface area contributed by atoms with Crippen LogP contribution in [0.1, 0.15) is 48.2 Å². The first-order valence-electron chi connectivity index (χ1n) is 7.63. The molecule has 5 nitrogen and oxygen atoms in total. The third-order valence-electron chi connectivity index (χ3n) is 4.07. The van der Waals surface area contributed by atoms with E-state index in [-0.39, 0.29) is 23.5 Å². The van der Waals surface area contributed by atoms with Gasteiger partial charge < -0.3 is 5.32 Å². The number of hydrogen-bond donors (Lipinski definition) is 1. The highest BCUT2D eigenvalue weighted by Gasteiger charge is 2.18. The molecule has 116 valence electrons. The van der Waals surface area contributed by atoms with Gasteiger partial charge in [-0.2, -0.15) is 0 Å². The minimum atomic E-state index is -0.265. The van der Waals surface area contributed by atoms with Gasteiger partial charge in [-0.15, -0.1) is 5.10 Å². The zero-order valence-electron chi connectivity index (χ0n) is 12.6. The number of aromatic nitrogens is 3. The van der Waals surface area contributed by atoms with Crippen molar-refractivity contribution in [2.45, 2.75) is 45.1 Å². The van der Waals surface area contributed by atoms with Crippen LogP contribution in [0.15, 0.2) is 24.4 Å². The molecule has 3 rings (SSSR count). The summed E-state index contributed by atoms with van der Waals surface area (Å²) >= 11 is 0. The number of benzene rings is 1. The second kappa shape index (κ2) is 6.25. The summed E-state index contributed by atoms with van der Waals surface area (Å²) in [4.78, 5) is 12.2. The van der Waals surface area contributed by atoms with Gasteiger partial charge in [-0.3, -0.25) is 4.79 Å². The molecule has 1 fully saturated rings. The van der Waals surface area contributed by atoms with Crippen molar-refractivity contribution in [3.63, 3.8) is 0 Å². The molecule has 0 radical (unpaired) electrons. The summed E-state index contributed by atoms with van der Waals surface area (Å²) < 4.78 is 14.8. The van der Waals surface area contributed by atoms with Gasteiger partial charge in [0.2, 0.25) is 0 Å². The minimum Gasteiger partial charge on any atom is -0.348 e. The Morgan fingerprint density at radius 1 is 1.32 bits per heavy atom. The van der Waals surface area contributed by atoms with E-state index in [1.165, 1.54) is 17.2 Å². The van der Waals surface area contributed by atoms with Gasteiger partial charge in [0.1, 0.15) is 5.82 Å². The molecule has 0 saturated heterocycles. The maximum atomic E-state index is 13.3. The van der Waals surface area contributed by atoms with Crippen LogP contribution >= 0.6 is 0 Å². The lowest BCUT2D eigenvalue weighted by Crippen LogP contribution is -2.36. The van der Waals surface area contributed by atoms with Crippen LogP contribution in [0.25, 0.3) is 5.69 Å². The number of carbonyl (C=O) groups excluding carboxylic acids is 1. The van der Waals surface area contributed by atoms with Gasteiger partial charge >= 0.3 is 0 Å². The number of halogens is 1. The molecule has 1 aliphatic carbocycles. The Morgan fingerprint density at radius 2 is 2.09 bits per heavy atom. The standard InChI is InChI=1S/C16H19FN4O/c1-11-9-13(7-8-14(11)17)21-10-15(19-20-21)16(22)18-12-5-3-2-4-6-12/h7-10,12H,2-6H2,1H3,(H,18,22). The fourth-order valence-corrected chi connectivity index (χ4v) is 2.77. The van der Waals surface area contributed by atoms with Crippen LogP contribution in [0, 0.1) is 12.7 Å². The van der Waals surface area contributed by atoms with E-state index >= 15 is 0 Å². The number of nitrogens with one attached hydrogen (secondary N) is 1. The fraction of sp³-hybridized carbons (Fsp3) is 0.438. The molecular formula is C16H19FN4O. The largest absolute Gasteiger partial charge is 0.348 e. The van der Waals surface area contributed by atoms with Gasteiger partial charge in [-0.25, -0.2) is 9.07 Å². The molecular weight excluding hydrogens is 283 g/mol. The quantitative estimate of drug-likeness (QED) is 0.948. The number of nitrogens with zero attached hydrogens (tertiary/aromatic N) is 3. The van der Waals surface area contributed by atoms with Crippen LogP contribution in [0.3, 0.4) is 0 Å². The van der Waals surface area contributed by atoms with Crippen molar-refractivity contribution in [3.05, 3.63) is 41.5 Å². The van der Waals surface area contributed by atoms with E-state index in [0.717, 1.165) is 25.7 Å². The van der Waals surface area contributed by atoms with Crippen molar-refractivity contribution in [2.75, 3.05) is 0 Å². The van der Waals surface area contributed by atoms with Gasteiger partial charge in [0.15, 0.2) is 5.69 Å². The molecule has 22 heavy (non-hydrogen) atoms. The first kappa shape index (κ1) is 14.7. The average molecular weight is 302 g/mol. The molecule has 6 heteroatoms. The zero-order chi connectivity index (χ0) is 15.5. The Hall–Kier alpha value is -2.24. The molecule has 0 bridgehead atoms. The molecule has 1 heterocycles. The second-order valence-electron chi connectivity index (χ2n) is 5.79. The van der Waals surface area contributed by atoms with Crippen LogP contribution in [0.5, 0.6) is 0 Å². The summed E-state index contributed by atoms with van der Waals surface area (Å²) in [6, 6.07) is 4.90. The monoisotopic (exact) mass is 302 g/mol. The molecule has 1 aromatic heterocycles. The lowest BCUT2D eigenvalue weighted by atomic mass is 9.95. The van der Waals surface area contributed by atoms with Crippen molar-refractivity contribution in [1.29, 1.82) is 0 Å². The number of carbonyl (C=O) groups is 1. The predicted octanol–water partition coefficient (Wildman–Crippen LogP) is 2.78. The van der Waals surface area contributed by atoms with E-state index in [0.29, 0.717) is 11.3 Å². The highest BCUT2D eigenvalue weighted by molar-refractivity contribution is 5.92. The van der Waals surface area contributed by atoms with Crippen LogP contribution in [0.2, 0.25) is 0 Å². The van der Waals surface area contributed by atoms with E-state index in [2.05, 4.69) is 15.6 Å². The van der Waals surface area contributed by atoms with Crippen molar-refractivity contribution in [2.24, 2.45) is 0 Å². The molecule has 1 N–H and O–H groups in total. The van der Waals surface area contributed by atoms with Gasteiger partial charge in [-0.05, 0) is 43.5 Å². The van der Waals surface area contributed by atoms with Gasteiger partial charge in [0.05, 0.1) is 11.9 Å². The van der Waals surface area contributed by atoms with Crippen molar-refractivity contribution < 1.29 is 9.18 Å². The highest BCUT2D eigenvalue weighted by atomic mass is 19.1. The van der Waals surface area contributed by atoms with Crippen LogP contribution in [-0.4, -0.2) is 26.9 Å². The lowest BCUT2D eigenvalue weighted by molar-refractivity contribution is 0.0922. The SMILES string of the molecule is Cc1cc(-n2cc(C(=O)NC3CCCCC3)nn2)ccc1F. The smallest absolute Gasteiger partial charge is 0.273 e. The Morgan fingerprint density at radius 3 is 2.82 bits per heavy atom. The Kier molecular flexibility index (Phi) is 4.18. The second-order valence-corrected chi connectivity index (χ2v) is 5.79. The van der Waals surface area contributed by atoms with E-state index in [1.807, 2.05) is 0 Å². The predicted molar refractivity (Wildman–Crippen MR) is 80.4 cm³/mol. The zero-order valence-corrected chi connectivity index (χ0v) is 12.6. The molecule has 1 saturated carbocycles. The third-order valence-corrected chi connectivity index (χ3v) is 4.07. The maximum Gasteiger partial charge on any atom is 0.273 e. The van der Waals surface area contributed by atoms with Gasteiger partial charge in [0.25, 0.3) is 5.91 Å². The lowest BCUT2D eigenvalue weighted by Gasteiger charge is -2.22. The van der Waals surface area contributed by atoms with Crippen molar-refractivity contribution >= 4 is 5.91 Å². The topological polar surface area (TPSA) is 59.8 Å². The normalized spacial score (nSPS) is 15.7. The Labute approximate surface area is 128 Å². The first-order chi connectivity index (χ1) is 10.6. The number of aryl methyl sites for hydroxylation is 1. The van der Waals surface area contributed by atoms with Crippen LogP contribution < -0.4 is 5.32 Å². The van der Waals surface area contributed by atoms with Gasteiger partial charge in [0, 0.05) is 6.04 Å². The highest BCUT2D eigenvalue weighted by Crippen LogP contribution is 2.18. The Bertz CT molecular complexity index is 677. The molecule has 0 aliphatic heterocycles. The van der Waals surface area contributed by atoms with E-state index in [1.54, 1.807) is 25.3 Å². The maximum absolute atomic E-state index is 13.3. The van der Waals surface area contributed by atoms with Crippen molar-refractivity contribution in [1.82, 2.24) is 20.3 Å². The Balaban J connectivity index is 1.72. The molecule has 0 atom stereocenters. The average Bonchev–Trinajstić information content (AvgIpc) is 3.01. The summed E-state index contributed by atoms with van der Waals surface area (Å²) in [5.74, 6) is -0.462. The minimum absolute atomic E-state index is 0.197. The van der Waals surface area contributed by atoms with Crippen LogP contribution in [-0.2, 0) is 0 Å². The molecule has 0 unspecified atom stereocenters. The van der Waals surface area contributed by atoms with E-state index in [4.69, 9.17) is 0 Å². The number of rotatable bonds is 3. The van der Waals surface area contributed by atoms with E-state index < -0.39 is 0 Å². The summed E-state index contributed by atoms with van der Waals surface area (Å²) in [6.45, 7) is 1.69. The third kappa shape index (κ3) is 3.16. The summed E-state index contributed by atoms with van der Waals surface area (Å²) in [5, 5.41) is 10.9. The molecule has 0 spiro atoms.